The van der Waals surface area contributed by atoms with Crippen LogP contribution in [0.25, 0.3) is 0 Å². The summed E-state index contributed by atoms with van der Waals surface area (Å²) in [5.74, 6) is 0. The van der Waals surface area contributed by atoms with Crippen molar-refractivity contribution in [2.24, 2.45) is 11.5 Å². The molecule has 0 radical (unpaired) electrons. The molecule has 4 atom stereocenters. The Morgan fingerprint density at radius 3 is 1.29 bits per heavy atom. The van der Waals surface area contributed by atoms with Gasteiger partial charge in [0, 0.05) is 24.2 Å². The molecule has 0 aliphatic heterocycles. The Morgan fingerprint density at radius 1 is 0.750 bits per heavy atom. The summed E-state index contributed by atoms with van der Waals surface area (Å²) >= 11 is 0. The van der Waals surface area contributed by atoms with Crippen LogP contribution >= 0.6 is 0 Å². The average Bonchev–Trinajstić information content (AvgIpc) is 2.53. The van der Waals surface area contributed by atoms with E-state index in [-0.39, 0.29) is 47.1 Å². The molecule has 2 amide bonds. The Balaban J connectivity index is -0.000000162. The molecular formula is C16H37N4NaO3. The maximum Gasteiger partial charge on any atom is 1.00 e. The van der Waals surface area contributed by atoms with Crippen LogP contribution in [-0.2, 0) is 9.59 Å². The molecule has 7 N–H and O–H groups in total. The van der Waals surface area contributed by atoms with E-state index in [9.17, 15) is 9.59 Å². The molecule has 0 heterocycles. The second kappa shape index (κ2) is 22.8. The Hall–Kier alpha value is -0.180. The second-order valence-electron chi connectivity index (χ2n) is 5.59. The summed E-state index contributed by atoms with van der Waals surface area (Å²) in [5.41, 5.74) is 11.3. The molecule has 0 aromatic heterocycles. The van der Waals surface area contributed by atoms with Crippen LogP contribution in [0.3, 0.4) is 0 Å². The molecule has 0 rings (SSSR count). The van der Waals surface area contributed by atoms with Gasteiger partial charge >= 0.3 is 29.6 Å². The summed E-state index contributed by atoms with van der Waals surface area (Å²) in [7, 11) is 0. The molecule has 8 heteroatoms. The average molecular weight is 356 g/mol. The molecule has 7 nitrogen and oxygen atoms in total. The van der Waals surface area contributed by atoms with E-state index in [1.165, 1.54) is 0 Å². The quantitative estimate of drug-likeness (QED) is 0.239. The van der Waals surface area contributed by atoms with E-state index in [0.717, 1.165) is 38.5 Å². The SMILES string of the molecule is CCC(CC(CC)NC=O)NC=O.CCC(N)CC(N)CC.[Na+].[OH-]. The zero-order chi connectivity index (χ0) is 17.4. The van der Waals surface area contributed by atoms with Crippen molar-refractivity contribution in [2.45, 2.75) is 90.4 Å². The topological polar surface area (TPSA) is 140 Å². The normalized spacial score (nSPS) is 14.2. The zero-order valence-electron chi connectivity index (χ0n) is 16.1. The number of carbonyl (C=O) groups excluding carboxylic acids is 2. The van der Waals surface area contributed by atoms with Gasteiger partial charge in [-0.2, -0.15) is 0 Å². The van der Waals surface area contributed by atoms with Gasteiger partial charge in [-0.25, -0.2) is 0 Å². The third-order valence-electron chi connectivity index (χ3n) is 3.82. The van der Waals surface area contributed by atoms with Crippen molar-refractivity contribution in [3.05, 3.63) is 0 Å². The van der Waals surface area contributed by atoms with Crippen LogP contribution in [0.15, 0.2) is 0 Å². The van der Waals surface area contributed by atoms with Gasteiger partial charge in [-0.15, -0.1) is 0 Å². The fourth-order valence-corrected chi connectivity index (χ4v) is 1.96. The minimum absolute atomic E-state index is 0. The molecule has 0 saturated heterocycles. The molecule has 0 aliphatic rings. The molecule has 0 aromatic carbocycles. The van der Waals surface area contributed by atoms with Gasteiger partial charge in [0.1, 0.15) is 0 Å². The first-order chi connectivity index (χ1) is 10.5. The van der Waals surface area contributed by atoms with Gasteiger partial charge in [0.2, 0.25) is 12.8 Å². The van der Waals surface area contributed by atoms with Gasteiger partial charge in [-0.1, -0.05) is 27.7 Å². The van der Waals surface area contributed by atoms with E-state index in [1.807, 2.05) is 13.8 Å². The molecule has 0 fully saturated rings. The Bertz CT molecular complexity index is 250. The zero-order valence-corrected chi connectivity index (χ0v) is 18.1. The van der Waals surface area contributed by atoms with E-state index in [1.54, 1.807) is 0 Å². The van der Waals surface area contributed by atoms with Crippen molar-refractivity contribution in [3.63, 3.8) is 0 Å². The van der Waals surface area contributed by atoms with Crippen LogP contribution < -0.4 is 51.7 Å². The van der Waals surface area contributed by atoms with Crippen molar-refractivity contribution in [1.29, 1.82) is 0 Å². The van der Waals surface area contributed by atoms with Crippen molar-refractivity contribution in [3.8, 4) is 0 Å². The molecule has 0 aliphatic carbocycles. The first-order valence-corrected chi connectivity index (χ1v) is 8.39. The number of hydrogen-bond acceptors (Lipinski definition) is 5. The number of rotatable bonds is 12. The van der Waals surface area contributed by atoms with E-state index >= 15 is 0 Å². The van der Waals surface area contributed by atoms with Crippen LogP contribution in [0.4, 0.5) is 0 Å². The summed E-state index contributed by atoms with van der Waals surface area (Å²) in [4.78, 5) is 20.4. The van der Waals surface area contributed by atoms with Gasteiger partial charge in [0.15, 0.2) is 0 Å². The van der Waals surface area contributed by atoms with E-state index in [0.29, 0.717) is 24.9 Å². The third kappa shape index (κ3) is 19.9. The predicted molar refractivity (Wildman–Crippen MR) is 94.3 cm³/mol. The Kier molecular flexibility index (Phi) is 30.0. The van der Waals surface area contributed by atoms with Crippen molar-refractivity contribution < 1.29 is 44.6 Å². The molecule has 140 valence electrons. The predicted octanol–water partition coefficient (Wildman–Crippen LogP) is -1.90. The number of nitrogens with one attached hydrogen (secondary N) is 2. The van der Waals surface area contributed by atoms with Gasteiger partial charge in [-0.3, -0.25) is 9.59 Å². The largest absolute Gasteiger partial charge is 1.00 e. The second-order valence-corrected chi connectivity index (χ2v) is 5.59. The number of hydrogen-bond donors (Lipinski definition) is 4. The van der Waals surface area contributed by atoms with Crippen LogP contribution in [0.2, 0.25) is 0 Å². The Morgan fingerprint density at radius 2 is 1.08 bits per heavy atom. The maximum absolute atomic E-state index is 10.2. The minimum atomic E-state index is 0. The number of carbonyl (C=O) groups is 2. The maximum atomic E-state index is 10.2. The molecule has 0 aromatic rings. The van der Waals surface area contributed by atoms with Gasteiger partial charge in [0.25, 0.3) is 0 Å². The van der Waals surface area contributed by atoms with Crippen molar-refractivity contribution in [2.75, 3.05) is 0 Å². The third-order valence-corrected chi connectivity index (χ3v) is 3.82. The molecule has 4 unspecified atom stereocenters. The van der Waals surface area contributed by atoms with Gasteiger partial charge in [0.05, 0.1) is 0 Å². The van der Waals surface area contributed by atoms with E-state index in [2.05, 4.69) is 24.5 Å². The van der Waals surface area contributed by atoms with Crippen molar-refractivity contribution >= 4 is 12.8 Å². The van der Waals surface area contributed by atoms with Crippen LogP contribution in [0.5, 0.6) is 0 Å². The molecule has 0 bridgehead atoms. The first-order valence-electron chi connectivity index (χ1n) is 8.39. The minimum Gasteiger partial charge on any atom is -0.870 e. The molecule has 24 heavy (non-hydrogen) atoms. The summed E-state index contributed by atoms with van der Waals surface area (Å²) in [6.45, 7) is 8.20. The van der Waals surface area contributed by atoms with Crippen molar-refractivity contribution in [1.82, 2.24) is 10.6 Å². The monoisotopic (exact) mass is 356 g/mol. The van der Waals surface area contributed by atoms with Crippen LogP contribution in [0.1, 0.15) is 66.2 Å². The summed E-state index contributed by atoms with van der Waals surface area (Å²) in [6.07, 6.45) is 7.02. The number of nitrogens with two attached hydrogens (primary N) is 2. The molecule has 0 saturated carbocycles. The fourth-order valence-electron chi connectivity index (χ4n) is 1.96. The molecule has 0 spiro atoms. The van der Waals surface area contributed by atoms with E-state index in [4.69, 9.17) is 11.5 Å². The van der Waals surface area contributed by atoms with Crippen LogP contribution in [-0.4, -0.2) is 42.5 Å². The van der Waals surface area contributed by atoms with Crippen LogP contribution in [0, 0.1) is 0 Å². The van der Waals surface area contributed by atoms with E-state index < -0.39 is 0 Å². The molecular weight excluding hydrogens is 319 g/mol. The first kappa shape index (κ1) is 31.6. The van der Waals surface area contributed by atoms with Gasteiger partial charge in [-0.05, 0) is 38.5 Å². The summed E-state index contributed by atoms with van der Waals surface area (Å²) in [5, 5.41) is 5.44. The van der Waals surface area contributed by atoms with Gasteiger partial charge < -0.3 is 27.6 Å². The standard InChI is InChI=1S/C9H18N2O2.C7H18N2.Na.H2O/c1-3-8(10-6-12)5-9(4-2)11-7-13;1-3-6(8)5-7(9)4-2;;/h6-9H,3-5H2,1-2H3,(H,10,12)(H,11,13);6-7H,3-5,8-9H2,1-2H3;;1H2/q;;+1;/p-1. The fraction of sp³-hybridized carbons (Fsp3) is 0.875. The summed E-state index contributed by atoms with van der Waals surface area (Å²) < 4.78 is 0. The Labute approximate surface area is 169 Å². The summed E-state index contributed by atoms with van der Waals surface area (Å²) in [6, 6.07) is 0.935. The smallest absolute Gasteiger partial charge is 0.870 e. The number of amides is 2.